The van der Waals surface area contributed by atoms with Crippen molar-refractivity contribution < 1.29 is 4.74 Å². The number of nitrogens with two attached hydrogens (primary N) is 1. The lowest BCUT2D eigenvalue weighted by atomic mass is 9.88. The van der Waals surface area contributed by atoms with Gasteiger partial charge in [-0.1, -0.05) is 25.7 Å². The maximum Gasteiger partial charge on any atom is 0.123 e. The van der Waals surface area contributed by atoms with Gasteiger partial charge in [-0.05, 0) is 43.0 Å². The van der Waals surface area contributed by atoms with Gasteiger partial charge in [-0.25, -0.2) is 0 Å². The first-order valence-electron chi connectivity index (χ1n) is 7.72. The highest BCUT2D eigenvalue weighted by Gasteiger charge is 2.23. The fourth-order valence-electron chi connectivity index (χ4n) is 2.87. The van der Waals surface area contributed by atoms with Gasteiger partial charge in [0.05, 0.1) is 13.7 Å². The lowest BCUT2D eigenvalue weighted by Crippen LogP contribution is -2.37. The molecule has 21 heavy (non-hydrogen) atoms. The summed E-state index contributed by atoms with van der Waals surface area (Å²) in [5.41, 5.74) is 7.66. The van der Waals surface area contributed by atoms with Crippen LogP contribution >= 0.6 is 0 Å². The van der Waals surface area contributed by atoms with E-state index in [0.717, 1.165) is 42.8 Å². The zero-order chi connectivity index (χ0) is 15.2. The van der Waals surface area contributed by atoms with E-state index in [1.165, 1.54) is 12.0 Å². The van der Waals surface area contributed by atoms with Gasteiger partial charge in [0.2, 0.25) is 0 Å². The zero-order valence-corrected chi connectivity index (χ0v) is 13.4. The Hall–Kier alpha value is -1.50. The normalized spacial score (nSPS) is 22.5. The molecule has 3 heteroatoms. The highest BCUT2D eigenvalue weighted by atomic mass is 16.5. The summed E-state index contributed by atoms with van der Waals surface area (Å²) >= 11 is 0. The van der Waals surface area contributed by atoms with E-state index in [2.05, 4.69) is 36.7 Å². The minimum atomic E-state index is 0.392. The number of likely N-dealkylation sites (tertiary alicyclic amines) is 1. The summed E-state index contributed by atoms with van der Waals surface area (Å²) < 4.78 is 5.49. The number of hydrogen-bond donors (Lipinski definition) is 1. The quantitative estimate of drug-likeness (QED) is 0.868. The molecule has 0 aliphatic carbocycles. The van der Waals surface area contributed by atoms with Crippen molar-refractivity contribution in [1.29, 1.82) is 0 Å². The summed E-state index contributed by atoms with van der Waals surface area (Å²) in [5, 5.41) is 0. The molecule has 1 aromatic rings. The van der Waals surface area contributed by atoms with E-state index in [4.69, 9.17) is 10.5 Å². The molecular weight excluding hydrogens is 260 g/mol. The molecule has 0 bridgehead atoms. The highest BCUT2D eigenvalue weighted by molar-refractivity contribution is 5.44. The number of methoxy groups -OCH3 is 1. The Labute approximate surface area is 128 Å². The molecule has 1 saturated heterocycles. The SMILES string of the molecule is COc1ccc(C#CCN)cc1CN1CCC(C)C(C)C1. The van der Waals surface area contributed by atoms with E-state index in [9.17, 15) is 0 Å². The molecule has 1 aliphatic rings. The maximum atomic E-state index is 5.49. The van der Waals surface area contributed by atoms with Crippen LogP contribution in [0.5, 0.6) is 5.75 Å². The third-order valence-electron chi connectivity index (χ3n) is 4.43. The van der Waals surface area contributed by atoms with E-state index in [-0.39, 0.29) is 0 Å². The van der Waals surface area contributed by atoms with Gasteiger partial charge in [-0.2, -0.15) is 0 Å². The molecule has 1 aliphatic heterocycles. The van der Waals surface area contributed by atoms with Crippen LogP contribution in [0.2, 0.25) is 0 Å². The molecule has 1 heterocycles. The second-order valence-electron chi connectivity index (χ2n) is 6.01. The Kier molecular flexibility index (Phi) is 5.67. The number of benzene rings is 1. The largest absolute Gasteiger partial charge is 0.496 e. The van der Waals surface area contributed by atoms with E-state index >= 15 is 0 Å². The predicted octanol–water partition coefficient (Wildman–Crippen LogP) is 2.48. The monoisotopic (exact) mass is 286 g/mol. The van der Waals surface area contributed by atoms with Crippen LogP contribution in [-0.4, -0.2) is 31.6 Å². The summed E-state index contributed by atoms with van der Waals surface area (Å²) in [5.74, 6) is 8.53. The third-order valence-corrected chi connectivity index (χ3v) is 4.43. The first-order chi connectivity index (χ1) is 10.1. The second-order valence-corrected chi connectivity index (χ2v) is 6.01. The van der Waals surface area contributed by atoms with Crippen LogP contribution in [0.3, 0.4) is 0 Å². The Morgan fingerprint density at radius 2 is 2.14 bits per heavy atom. The van der Waals surface area contributed by atoms with Gasteiger partial charge in [0, 0.05) is 24.2 Å². The van der Waals surface area contributed by atoms with Gasteiger partial charge in [0.1, 0.15) is 5.75 Å². The fraction of sp³-hybridized carbons (Fsp3) is 0.556. The Balaban J connectivity index is 2.13. The van der Waals surface area contributed by atoms with Crippen molar-refractivity contribution in [3.63, 3.8) is 0 Å². The molecule has 1 fully saturated rings. The third kappa shape index (κ3) is 4.23. The molecule has 2 unspecified atom stereocenters. The average Bonchev–Trinajstić information content (AvgIpc) is 2.49. The molecule has 0 amide bonds. The minimum Gasteiger partial charge on any atom is -0.496 e. The van der Waals surface area contributed by atoms with Crippen LogP contribution in [0, 0.1) is 23.7 Å². The summed E-state index contributed by atoms with van der Waals surface area (Å²) in [6, 6.07) is 6.13. The highest BCUT2D eigenvalue weighted by Crippen LogP contribution is 2.27. The van der Waals surface area contributed by atoms with Gasteiger partial charge in [0.25, 0.3) is 0 Å². The Morgan fingerprint density at radius 3 is 2.81 bits per heavy atom. The standard InChI is InChI=1S/C18H26N2O/c1-14-8-10-20(12-15(14)2)13-17-11-16(5-4-9-19)6-7-18(17)21-3/h6-7,11,14-15H,8-10,12-13,19H2,1-3H3. The van der Waals surface area contributed by atoms with E-state index in [1.807, 2.05) is 12.1 Å². The van der Waals surface area contributed by atoms with Crippen molar-refractivity contribution in [3.05, 3.63) is 29.3 Å². The van der Waals surface area contributed by atoms with Crippen LogP contribution in [0.1, 0.15) is 31.4 Å². The Morgan fingerprint density at radius 1 is 1.33 bits per heavy atom. The fourth-order valence-corrected chi connectivity index (χ4v) is 2.87. The van der Waals surface area contributed by atoms with Crippen LogP contribution in [0.25, 0.3) is 0 Å². The number of nitrogens with zero attached hydrogens (tertiary/aromatic N) is 1. The van der Waals surface area contributed by atoms with Gasteiger partial charge in [0.15, 0.2) is 0 Å². The van der Waals surface area contributed by atoms with Crippen molar-refractivity contribution in [2.45, 2.75) is 26.8 Å². The average molecular weight is 286 g/mol. The van der Waals surface area contributed by atoms with E-state index in [1.54, 1.807) is 7.11 Å². The van der Waals surface area contributed by atoms with Crippen LogP contribution < -0.4 is 10.5 Å². The van der Waals surface area contributed by atoms with Crippen molar-refractivity contribution in [3.8, 4) is 17.6 Å². The molecule has 1 aromatic carbocycles. The molecule has 2 rings (SSSR count). The molecular formula is C18H26N2O. The maximum absolute atomic E-state index is 5.49. The zero-order valence-electron chi connectivity index (χ0n) is 13.4. The smallest absolute Gasteiger partial charge is 0.123 e. The van der Waals surface area contributed by atoms with E-state index < -0.39 is 0 Å². The molecule has 114 valence electrons. The van der Waals surface area contributed by atoms with Crippen molar-refractivity contribution in [1.82, 2.24) is 4.90 Å². The minimum absolute atomic E-state index is 0.392. The van der Waals surface area contributed by atoms with Gasteiger partial charge >= 0.3 is 0 Å². The second kappa shape index (κ2) is 7.49. The van der Waals surface area contributed by atoms with Crippen molar-refractivity contribution in [2.75, 3.05) is 26.7 Å². The van der Waals surface area contributed by atoms with Gasteiger partial charge in [-0.3, -0.25) is 4.90 Å². The lowest BCUT2D eigenvalue weighted by molar-refractivity contribution is 0.131. The molecule has 0 saturated carbocycles. The lowest BCUT2D eigenvalue weighted by Gasteiger charge is -2.35. The molecule has 2 N–H and O–H groups in total. The first kappa shape index (κ1) is 15.9. The molecule has 3 nitrogen and oxygen atoms in total. The molecule has 0 aromatic heterocycles. The van der Waals surface area contributed by atoms with Crippen molar-refractivity contribution >= 4 is 0 Å². The van der Waals surface area contributed by atoms with Crippen LogP contribution in [0.4, 0.5) is 0 Å². The van der Waals surface area contributed by atoms with Crippen LogP contribution in [-0.2, 0) is 6.54 Å². The van der Waals surface area contributed by atoms with Crippen molar-refractivity contribution in [2.24, 2.45) is 17.6 Å². The molecule has 2 atom stereocenters. The summed E-state index contributed by atoms with van der Waals surface area (Å²) in [7, 11) is 1.73. The Bertz CT molecular complexity index is 530. The predicted molar refractivity (Wildman–Crippen MR) is 87.1 cm³/mol. The number of rotatable bonds is 3. The first-order valence-corrected chi connectivity index (χ1v) is 7.72. The van der Waals surface area contributed by atoms with Crippen LogP contribution in [0.15, 0.2) is 18.2 Å². The molecule has 0 radical (unpaired) electrons. The van der Waals surface area contributed by atoms with E-state index in [0.29, 0.717) is 6.54 Å². The van der Waals surface area contributed by atoms with Gasteiger partial charge < -0.3 is 10.5 Å². The van der Waals surface area contributed by atoms with Gasteiger partial charge in [-0.15, -0.1) is 0 Å². The number of hydrogen-bond acceptors (Lipinski definition) is 3. The number of ether oxygens (including phenoxy) is 1. The summed E-state index contributed by atoms with van der Waals surface area (Å²) in [6.45, 7) is 8.33. The molecule has 0 spiro atoms. The number of piperidine rings is 1. The topological polar surface area (TPSA) is 38.5 Å². The summed E-state index contributed by atoms with van der Waals surface area (Å²) in [6.07, 6.45) is 1.27. The summed E-state index contributed by atoms with van der Waals surface area (Å²) in [4.78, 5) is 2.52.